The van der Waals surface area contributed by atoms with E-state index in [4.69, 9.17) is 0 Å². The standard InChI is InChI=1S/C14H16N4O2/c1-9-13(17-11-5-3-2-4-10(11)16-9)18-7-6-15-8-12(18)14(19)20/h2-5,12,15H,6-8H2,1H3,(H,19,20). The molecule has 2 aromatic rings. The Labute approximate surface area is 116 Å². The highest BCUT2D eigenvalue weighted by Crippen LogP contribution is 2.22. The number of para-hydroxylation sites is 2. The minimum atomic E-state index is -0.841. The predicted octanol–water partition coefficient (Wildman–Crippen LogP) is 0.801. The zero-order chi connectivity index (χ0) is 14.1. The fraction of sp³-hybridized carbons (Fsp3) is 0.357. The Hall–Kier alpha value is -2.21. The largest absolute Gasteiger partial charge is 0.480 e. The average molecular weight is 272 g/mol. The quantitative estimate of drug-likeness (QED) is 0.842. The van der Waals surface area contributed by atoms with Gasteiger partial charge in [0.2, 0.25) is 0 Å². The highest BCUT2D eigenvalue weighted by atomic mass is 16.4. The second kappa shape index (κ2) is 5.05. The second-order valence-electron chi connectivity index (χ2n) is 4.87. The van der Waals surface area contributed by atoms with Crippen molar-refractivity contribution >= 4 is 22.8 Å². The molecule has 1 aliphatic heterocycles. The maximum Gasteiger partial charge on any atom is 0.327 e. The predicted molar refractivity (Wildman–Crippen MR) is 75.9 cm³/mol. The number of nitrogens with one attached hydrogen (secondary N) is 1. The molecule has 1 aliphatic rings. The minimum absolute atomic E-state index is 0.420. The highest BCUT2D eigenvalue weighted by Gasteiger charge is 2.30. The van der Waals surface area contributed by atoms with Gasteiger partial charge in [-0.15, -0.1) is 0 Å². The topological polar surface area (TPSA) is 78.4 Å². The summed E-state index contributed by atoms with van der Waals surface area (Å²) in [6.07, 6.45) is 0. The Morgan fingerprint density at radius 2 is 2.05 bits per heavy atom. The van der Waals surface area contributed by atoms with E-state index < -0.39 is 12.0 Å². The van der Waals surface area contributed by atoms with Crippen molar-refractivity contribution in [2.75, 3.05) is 24.5 Å². The van der Waals surface area contributed by atoms with Gasteiger partial charge in [-0.2, -0.15) is 0 Å². The van der Waals surface area contributed by atoms with Gasteiger partial charge in [0.15, 0.2) is 5.82 Å². The monoisotopic (exact) mass is 272 g/mol. The molecule has 0 aliphatic carbocycles. The van der Waals surface area contributed by atoms with Crippen LogP contribution in [0, 0.1) is 6.92 Å². The summed E-state index contributed by atoms with van der Waals surface area (Å²) in [5.74, 6) is -0.177. The zero-order valence-electron chi connectivity index (χ0n) is 11.2. The van der Waals surface area contributed by atoms with Gasteiger partial charge < -0.3 is 15.3 Å². The van der Waals surface area contributed by atoms with Gasteiger partial charge in [0.05, 0.1) is 16.7 Å². The molecule has 3 rings (SSSR count). The molecule has 0 radical (unpaired) electrons. The van der Waals surface area contributed by atoms with E-state index in [1.165, 1.54) is 0 Å². The highest BCUT2D eigenvalue weighted by molar-refractivity contribution is 5.81. The lowest BCUT2D eigenvalue weighted by Gasteiger charge is -2.35. The summed E-state index contributed by atoms with van der Waals surface area (Å²) in [5.41, 5.74) is 2.38. The van der Waals surface area contributed by atoms with Crippen molar-refractivity contribution in [3.8, 4) is 0 Å². The number of anilines is 1. The van der Waals surface area contributed by atoms with Crippen molar-refractivity contribution in [2.24, 2.45) is 0 Å². The van der Waals surface area contributed by atoms with Gasteiger partial charge in [0.25, 0.3) is 0 Å². The van der Waals surface area contributed by atoms with Crippen molar-refractivity contribution in [2.45, 2.75) is 13.0 Å². The molecule has 1 saturated heterocycles. The second-order valence-corrected chi connectivity index (χ2v) is 4.87. The number of aromatic nitrogens is 2. The van der Waals surface area contributed by atoms with Gasteiger partial charge in [0.1, 0.15) is 6.04 Å². The molecule has 104 valence electrons. The van der Waals surface area contributed by atoms with Crippen LogP contribution >= 0.6 is 0 Å². The number of fused-ring (bicyclic) bond motifs is 1. The summed E-state index contributed by atoms with van der Waals surface area (Å²) >= 11 is 0. The number of carbonyl (C=O) groups is 1. The van der Waals surface area contributed by atoms with Gasteiger partial charge in [-0.05, 0) is 19.1 Å². The first-order chi connectivity index (χ1) is 9.66. The third-order valence-corrected chi connectivity index (χ3v) is 3.52. The van der Waals surface area contributed by atoms with E-state index in [1.54, 1.807) is 0 Å². The summed E-state index contributed by atoms with van der Waals surface area (Å²) in [7, 11) is 0. The molecule has 6 heteroatoms. The molecule has 20 heavy (non-hydrogen) atoms. The third kappa shape index (κ3) is 2.18. The molecule has 2 N–H and O–H groups in total. The average Bonchev–Trinajstić information content (AvgIpc) is 2.46. The molecule has 1 unspecified atom stereocenters. The molecule has 0 amide bonds. The fourth-order valence-corrected chi connectivity index (χ4v) is 2.53. The van der Waals surface area contributed by atoms with Crippen LogP contribution in [0.15, 0.2) is 24.3 Å². The lowest BCUT2D eigenvalue weighted by atomic mass is 10.2. The molecule has 0 saturated carbocycles. The molecule has 0 bridgehead atoms. The minimum Gasteiger partial charge on any atom is -0.480 e. The van der Waals surface area contributed by atoms with Crippen molar-refractivity contribution in [1.29, 1.82) is 0 Å². The van der Waals surface area contributed by atoms with Crippen LogP contribution in [0.3, 0.4) is 0 Å². The van der Waals surface area contributed by atoms with Gasteiger partial charge in [0, 0.05) is 19.6 Å². The van der Waals surface area contributed by atoms with Crippen LogP contribution in [-0.2, 0) is 4.79 Å². The number of rotatable bonds is 2. The first-order valence-corrected chi connectivity index (χ1v) is 6.60. The van der Waals surface area contributed by atoms with E-state index in [0.29, 0.717) is 18.9 Å². The van der Waals surface area contributed by atoms with E-state index in [2.05, 4.69) is 15.3 Å². The van der Waals surface area contributed by atoms with Crippen LogP contribution in [0.25, 0.3) is 11.0 Å². The van der Waals surface area contributed by atoms with Gasteiger partial charge in [-0.25, -0.2) is 14.8 Å². The van der Waals surface area contributed by atoms with Gasteiger partial charge in [-0.1, -0.05) is 12.1 Å². The number of aliphatic carboxylic acids is 1. The normalized spacial score (nSPS) is 19.2. The van der Waals surface area contributed by atoms with E-state index in [0.717, 1.165) is 23.3 Å². The Morgan fingerprint density at radius 1 is 1.35 bits per heavy atom. The molecule has 1 aromatic heterocycles. The van der Waals surface area contributed by atoms with Crippen LogP contribution in [0.1, 0.15) is 5.69 Å². The Kier molecular flexibility index (Phi) is 3.23. The lowest BCUT2D eigenvalue weighted by Crippen LogP contribution is -2.55. The van der Waals surface area contributed by atoms with Gasteiger partial charge in [-0.3, -0.25) is 0 Å². The molecular formula is C14H16N4O2. The van der Waals surface area contributed by atoms with Crippen molar-refractivity contribution in [1.82, 2.24) is 15.3 Å². The number of aryl methyl sites for hydroxylation is 1. The number of piperazine rings is 1. The molecule has 1 fully saturated rings. The van der Waals surface area contributed by atoms with Crippen molar-refractivity contribution < 1.29 is 9.90 Å². The maximum atomic E-state index is 11.4. The first-order valence-electron chi connectivity index (χ1n) is 6.60. The van der Waals surface area contributed by atoms with E-state index in [9.17, 15) is 9.90 Å². The number of hydrogen-bond donors (Lipinski definition) is 2. The van der Waals surface area contributed by atoms with Crippen LogP contribution in [-0.4, -0.2) is 46.7 Å². The summed E-state index contributed by atoms with van der Waals surface area (Å²) in [4.78, 5) is 22.3. The van der Waals surface area contributed by atoms with Crippen LogP contribution in [0.4, 0.5) is 5.82 Å². The van der Waals surface area contributed by atoms with E-state index in [1.807, 2.05) is 36.1 Å². The Balaban J connectivity index is 2.07. The fourth-order valence-electron chi connectivity index (χ4n) is 2.53. The number of hydrogen-bond acceptors (Lipinski definition) is 5. The Morgan fingerprint density at radius 3 is 2.75 bits per heavy atom. The smallest absolute Gasteiger partial charge is 0.327 e. The van der Waals surface area contributed by atoms with Crippen LogP contribution in [0.5, 0.6) is 0 Å². The molecule has 0 spiro atoms. The molecule has 6 nitrogen and oxygen atoms in total. The Bertz CT molecular complexity index is 659. The number of carboxylic acid groups (broad SMARTS) is 1. The lowest BCUT2D eigenvalue weighted by molar-refractivity contribution is -0.138. The van der Waals surface area contributed by atoms with E-state index >= 15 is 0 Å². The zero-order valence-corrected chi connectivity index (χ0v) is 11.2. The number of carboxylic acids is 1. The molecule has 1 atom stereocenters. The summed E-state index contributed by atoms with van der Waals surface area (Å²) in [6, 6.07) is 7.02. The van der Waals surface area contributed by atoms with E-state index in [-0.39, 0.29) is 0 Å². The third-order valence-electron chi connectivity index (χ3n) is 3.52. The van der Waals surface area contributed by atoms with Crippen molar-refractivity contribution in [3.63, 3.8) is 0 Å². The first kappa shape index (κ1) is 12.8. The van der Waals surface area contributed by atoms with Gasteiger partial charge >= 0.3 is 5.97 Å². The van der Waals surface area contributed by atoms with Crippen molar-refractivity contribution in [3.05, 3.63) is 30.0 Å². The summed E-state index contributed by atoms with van der Waals surface area (Å²) in [6.45, 7) is 3.65. The summed E-state index contributed by atoms with van der Waals surface area (Å²) in [5, 5.41) is 12.4. The molecule has 2 heterocycles. The van der Waals surface area contributed by atoms with Crippen LogP contribution in [0.2, 0.25) is 0 Å². The maximum absolute atomic E-state index is 11.4. The summed E-state index contributed by atoms with van der Waals surface area (Å²) < 4.78 is 0. The van der Waals surface area contributed by atoms with Crippen LogP contribution < -0.4 is 10.2 Å². The SMILES string of the molecule is Cc1nc2ccccc2nc1N1CCNCC1C(=O)O. The molecule has 1 aromatic carbocycles. The number of benzene rings is 1. The number of nitrogens with zero attached hydrogens (tertiary/aromatic N) is 3. The molecular weight excluding hydrogens is 256 g/mol.